The van der Waals surface area contributed by atoms with Crippen molar-refractivity contribution >= 4 is 17.4 Å². The second kappa shape index (κ2) is 5.05. The minimum absolute atomic E-state index is 0.335. The summed E-state index contributed by atoms with van der Waals surface area (Å²) in [5.41, 5.74) is 7.96. The van der Waals surface area contributed by atoms with Crippen molar-refractivity contribution in [2.24, 2.45) is 0 Å². The molecule has 4 nitrogen and oxygen atoms in total. The molecular weight excluding hydrogens is 280 g/mol. The van der Waals surface area contributed by atoms with Crippen LogP contribution in [0.2, 0.25) is 0 Å². The molecule has 110 valence electrons. The summed E-state index contributed by atoms with van der Waals surface area (Å²) < 4.78 is 2.41. The van der Waals surface area contributed by atoms with Crippen molar-refractivity contribution in [3.05, 3.63) is 35.7 Å². The minimum Gasteiger partial charge on any atom is -0.399 e. The first-order valence-corrected chi connectivity index (χ1v) is 8.57. The third kappa shape index (κ3) is 2.67. The molecule has 1 aromatic heterocycles. The van der Waals surface area contributed by atoms with E-state index in [1.54, 1.807) is 11.8 Å². The number of nitrogens with zero attached hydrogens (tertiary/aromatic N) is 3. The van der Waals surface area contributed by atoms with Crippen LogP contribution in [0.25, 0.3) is 0 Å². The fourth-order valence-electron chi connectivity index (χ4n) is 2.70. The Morgan fingerprint density at radius 2 is 2.05 bits per heavy atom. The first-order valence-electron chi connectivity index (χ1n) is 7.69. The monoisotopic (exact) mass is 300 g/mol. The maximum atomic E-state index is 5.89. The normalized spacial score (nSPS) is 19.7. The number of thioether (sulfide) groups is 1. The molecule has 0 spiro atoms. The van der Waals surface area contributed by atoms with E-state index in [1.807, 2.05) is 12.1 Å². The molecule has 2 aliphatic carbocycles. The van der Waals surface area contributed by atoms with Crippen LogP contribution in [-0.4, -0.2) is 14.8 Å². The number of anilines is 1. The van der Waals surface area contributed by atoms with Crippen LogP contribution in [0.4, 0.5) is 5.69 Å². The zero-order valence-corrected chi connectivity index (χ0v) is 13.0. The van der Waals surface area contributed by atoms with Crippen LogP contribution in [0.5, 0.6) is 0 Å². The third-order valence-electron chi connectivity index (χ3n) is 4.21. The van der Waals surface area contributed by atoms with Crippen LogP contribution in [-0.2, 0) is 0 Å². The minimum atomic E-state index is 0.335. The largest absolute Gasteiger partial charge is 0.399 e. The summed E-state index contributed by atoms with van der Waals surface area (Å²) in [7, 11) is 0. The fourth-order valence-corrected chi connectivity index (χ4v) is 3.75. The zero-order chi connectivity index (χ0) is 14.4. The van der Waals surface area contributed by atoms with Gasteiger partial charge in [0.15, 0.2) is 5.16 Å². The molecular formula is C16H20N4S. The number of rotatable bonds is 5. The molecule has 0 radical (unpaired) electrons. The first-order chi connectivity index (χ1) is 10.2. The number of hydrogen-bond donors (Lipinski definition) is 1. The van der Waals surface area contributed by atoms with Gasteiger partial charge in [-0.1, -0.05) is 23.9 Å². The summed E-state index contributed by atoms with van der Waals surface area (Å²) >= 11 is 1.80. The molecule has 1 atom stereocenters. The lowest BCUT2D eigenvalue weighted by Crippen LogP contribution is -2.02. The Balaban J connectivity index is 1.59. The third-order valence-corrected chi connectivity index (χ3v) is 5.32. The molecule has 0 aliphatic heterocycles. The van der Waals surface area contributed by atoms with E-state index in [2.05, 4.69) is 33.8 Å². The summed E-state index contributed by atoms with van der Waals surface area (Å²) in [4.78, 5) is 0. The quantitative estimate of drug-likeness (QED) is 0.671. The Morgan fingerprint density at radius 3 is 2.71 bits per heavy atom. The molecule has 2 saturated carbocycles. The van der Waals surface area contributed by atoms with Gasteiger partial charge in [-0.15, -0.1) is 10.2 Å². The van der Waals surface area contributed by atoms with E-state index >= 15 is 0 Å². The van der Waals surface area contributed by atoms with Gasteiger partial charge in [-0.2, -0.15) is 0 Å². The SMILES string of the molecule is CC(Sc1nnc(C2CC2)n1C1CC1)c1cccc(N)c1. The molecule has 4 rings (SSSR count). The molecule has 0 amide bonds. The lowest BCUT2D eigenvalue weighted by molar-refractivity contribution is 0.626. The molecule has 2 fully saturated rings. The maximum Gasteiger partial charge on any atom is 0.192 e. The molecule has 5 heteroatoms. The lowest BCUT2D eigenvalue weighted by atomic mass is 10.1. The highest BCUT2D eigenvalue weighted by Crippen LogP contribution is 2.47. The van der Waals surface area contributed by atoms with Crippen LogP contribution in [0.15, 0.2) is 29.4 Å². The van der Waals surface area contributed by atoms with Crippen LogP contribution in [0.3, 0.4) is 0 Å². The molecule has 1 unspecified atom stereocenters. The molecule has 1 heterocycles. The van der Waals surface area contributed by atoms with Crippen LogP contribution >= 0.6 is 11.8 Å². The van der Waals surface area contributed by atoms with Crippen LogP contribution in [0, 0.1) is 0 Å². The molecule has 2 aromatic rings. The number of nitrogen functional groups attached to an aromatic ring is 1. The maximum absolute atomic E-state index is 5.89. The predicted molar refractivity (Wildman–Crippen MR) is 85.4 cm³/mol. The Morgan fingerprint density at radius 1 is 1.24 bits per heavy atom. The highest BCUT2D eigenvalue weighted by atomic mass is 32.2. The van der Waals surface area contributed by atoms with Gasteiger partial charge in [0, 0.05) is 22.9 Å². The summed E-state index contributed by atoms with van der Waals surface area (Å²) in [5, 5.41) is 10.4. The van der Waals surface area contributed by atoms with Gasteiger partial charge in [-0.05, 0) is 50.3 Å². The van der Waals surface area contributed by atoms with Gasteiger partial charge in [0.2, 0.25) is 0 Å². The van der Waals surface area contributed by atoms with Crippen LogP contribution in [0.1, 0.15) is 61.2 Å². The fraction of sp³-hybridized carbons (Fsp3) is 0.500. The summed E-state index contributed by atoms with van der Waals surface area (Å²) in [6.45, 7) is 2.21. The molecule has 1 aromatic carbocycles. The Labute approximate surface area is 129 Å². The van der Waals surface area contributed by atoms with E-state index in [0.29, 0.717) is 17.2 Å². The van der Waals surface area contributed by atoms with Crippen molar-refractivity contribution < 1.29 is 0 Å². The van der Waals surface area contributed by atoms with E-state index in [9.17, 15) is 0 Å². The summed E-state index contributed by atoms with van der Waals surface area (Å²) in [5.74, 6) is 1.88. The molecule has 2 N–H and O–H groups in total. The second-order valence-electron chi connectivity index (χ2n) is 6.15. The Hall–Kier alpha value is -1.49. The zero-order valence-electron chi connectivity index (χ0n) is 12.2. The van der Waals surface area contributed by atoms with Gasteiger partial charge >= 0.3 is 0 Å². The molecule has 21 heavy (non-hydrogen) atoms. The number of hydrogen-bond acceptors (Lipinski definition) is 4. The number of benzene rings is 1. The van der Waals surface area contributed by atoms with E-state index < -0.39 is 0 Å². The average Bonchev–Trinajstić information content (AvgIpc) is 3.38. The standard InChI is InChI=1S/C16H20N4S/c1-10(12-3-2-4-13(17)9-12)21-16-19-18-15(11-5-6-11)20(16)14-7-8-14/h2-4,9-11,14H,5-8,17H2,1H3. The van der Waals surface area contributed by atoms with Gasteiger partial charge in [-0.3, -0.25) is 0 Å². The van der Waals surface area contributed by atoms with Crippen LogP contribution < -0.4 is 5.73 Å². The van der Waals surface area contributed by atoms with Crippen molar-refractivity contribution in [1.29, 1.82) is 0 Å². The average molecular weight is 300 g/mol. The summed E-state index contributed by atoms with van der Waals surface area (Å²) in [6, 6.07) is 8.78. The number of aromatic nitrogens is 3. The van der Waals surface area contributed by atoms with E-state index in [1.165, 1.54) is 37.1 Å². The topological polar surface area (TPSA) is 56.7 Å². The first kappa shape index (κ1) is 13.2. The van der Waals surface area contributed by atoms with Gasteiger partial charge in [0.25, 0.3) is 0 Å². The molecule has 0 bridgehead atoms. The predicted octanol–water partition coefficient (Wildman–Crippen LogP) is 3.93. The highest BCUT2D eigenvalue weighted by molar-refractivity contribution is 7.99. The van der Waals surface area contributed by atoms with Gasteiger partial charge < -0.3 is 10.3 Å². The Bertz CT molecular complexity index is 658. The Kier molecular flexibility index (Phi) is 3.17. The number of nitrogens with two attached hydrogens (primary N) is 1. The van der Waals surface area contributed by atoms with Gasteiger partial charge in [-0.25, -0.2) is 0 Å². The highest BCUT2D eigenvalue weighted by Gasteiger charge is 2.36. The van der Waals surface area contributed by atoms with Crippen molar-refractivity contribution in [3.63, 3.8) is 0 Å². The smallest absolute Gasteiger partial charge is 0.192 e. The molecule has 2 aliphatic rings. The van der Waals surface area contributed by atoms with Gasteiger partial charge in [0.1, 0.15) is 5.82 Å². The van der Waals surface area contributed by atoms with Gasteiger partial charge in [0.05, 0.1) is 0 Å². The van der Waals surface area contributed by atoms with E-state index in [0.717, 1.165) is 10.8 Å². The van der Waals surface area contributed by atoms with Crippen molar-refractivity contribution in [1.82, 2.24) is 14.8 Å². The summed E-state index contributed by atoms with van der Waals surface area (Å²) in [6.07, 6.45) is 5.11. The van der Waals surface area contributed by atoms with Crippen molar-refractivity contribution in [3.8, 4) is 0 Å². The van der Waals surface area contributed by atoms with E-state index in [4.69, 9.17) is 5.73 Å². The second-order valence-corrected chi connectivity index (χ2v) is 7.45. The van der Waals surface area contributed by atoms with Crippen molar-refractivity contribution in [2.75, 3.05) is 5.73 Å². The molecule has 0 saturated heterocycles. The van der Waals surface area contributed by atoms with E-state index in [-0.39, 0.29) is 0 Å². The van der Waals surface area contributed by atoms with Crippen molar-refractivity contribution in [2.45, 2.75) is 55.0 Å². The lowest BCUT2D eigenvalue weighted by Gasteiger charge is -2.13.